The summed E-state index contributed by atoms with van der Waals surface area (Å²) < 4.78 is 0.838. The third-order valence-corrected chi connectivity index (χ3v) is 5.38. The van der Waals surface area contributed by atoms with Gasteiger partial charge >= 0.3 is 0 Å². The molecule has 2 rings (SSSR count). The highest BCUT2D eigenvalue weighted by Gasteiger charge is 2.16. The molecule has 0 bridgehead atoms. The summed E-state index contributed by atoms with van der Waals surface area (Å²) in [6.07, 6.45) is 1.02. The number of hydrogen-bond acceptors (Lipinski definition) is 4. The van der Waals surface area contributed by atoms with Crippen molar-refractivity contribution in [3.63, 3.8) is 0 Å². The van der Waals surface area contributed by atoms with Gasteiger partial charge in [-0.25, -0.2) is 0 Å². The molecule has 1 unspecified atom stereocenters. The molecule has 1 N–H and O–H groups in total. The van der Waals surface area contributed by atoms with E-state index in [-0.39, 0.29) is 16.7 Å². The van der Waals surface area contributed by atoms with Crippen LogP contribution in [0, 0.1) is 17.0 Å². The number of hydrogen-bond donors (Lipinski definition) is 1. The van der Waals surface area contributed by atoms with E-state index >= 15 is 0 Å². The number of anilines is 1. The minimum absolute atomic E-state index is 0.105. The summed E-state index contributed by atoms with van der Waals surface area (Å²) in [5.74, 6) is 0. The van der Waals surface area contributed by atoms with Gasteiger partial charge in [-0.3, -0.25) is 10.1 Å². The molecule has 1 aromatic carbocycles. The molecule has 6 heteroatoms. The van der Waals surface area contributed by atoms with Gasteiger partial charge in [0, 0.05) is 25.9 Å². The molecular weight excluding hydrogens is 352 g/mol. The Hall–Kier alpha value is -1.40. The fourth-order valence-electron chi connectivity index (χ4n) is 2.09. The summed E-state index contributed by atoms with van der Waals surface area (Å²) in [5, 5.41) is 14.4. The third-order valence-electron chi connectivity index (χ3n) is 3.31. The molecule has 0 aliphatic rings. The molecule has 2 aromatic rings. The Kier molecular flexibility index (Phi) is 5.00. The fraction of sp³-hybridized carbons (Fsp3) is 0.333. The molecular formula is C15H17BrN2O2S. The van der Waals surface area contributed by atoms with Crippen molar-refractivity contribution in [2.45, 2.75) is 33.2 Å². The lowest BCUT2D eigenvalue weighted by Gasteiger charge is -2.15. The zero-order valence-corrected chi connectivity index (χ0v) is 14.5. The van der Waals surface area contributed by atoms with Gasteiger partial charge in [-0.05, 0) is 54.4 Å². The standard InChI is InChI=1S/C15H17BrN2O2S/c1-4-11-5-6-15(21-11)10(3)17-13-8-14(18(19)20)9(2)7-12(13)16/h5-8,10,17H,4H2,1-3H3. The number of benzene rings is 1. The minimum Gasteiger partial charge on any atom is -0.377 e. The maximum atomic E-state index is 11.0. The normalized spacial score (nSPS) is 12.2. The van der Waals surface area contributed by atoms with E-state index in [2.05, 4.69) is 47.2 Å². The van der Waals surface area contributed by atoms with Crippen molar-refractivity contribution in [2.75, 3.05) is 5.32 Å². The number of nitro groups is 1. The molecule has 21 heavy (non-hydrogen) atoms. The average molecular weight is 369 g/mol. The SMILES string of the molecule is CCc1ccc(C(C)Nc2cc([N+](=O)[O-])c(C)cc2Br)s1. The summed E-state index contributed by atoms with van der Waals surface area (Å²) in [5.41, 5.74) is 1.52. The van der Waals surface area contributed by atoms with E-state index in [4.69, 9.17) is 0 Å². The van der Waals surface area contributed by atoms with Gasteiger partial charge in [0.05, 0.1) is 16.7 Å². The maximum absolute atomic E-state index is 11.0. The van der Waals surface area contributed by atoms with Gasteiger partial charge in [0.15, 0.2) is 0 Å². The Labute approximate surface area is 136 Å². The summed E-state index contributed by atoms with van der Waals surface area (Å²) in [4.78, 5) is 13.3. The Morgan fingerprint density at radius 2 is 2.14 bits per heavy atom. The Bertz CT molecular complexity index is 670. The molecule has 1 aromatic heterocycles. The Morgan fingerprint density at radius 3 is 2.71 bits per heavy atom. The molecule has 0 radical (unpaired) electrons. The average Bonchev–Trinajstić information content (AvgIpc) is 2.90. The molecule has 0 fully saturated rings. The highest BCUT2D eigenvalue weighted by atomic mass is 79.9. The van der Waals surface area contributed by atoms with Gasteiger partial charge in [0.25, 0.3) is 5.69 Å². The molecule has 0 saturated heterocycles. The molecule has 1 atom stereocenters. The molecule has 0 spiro atoms. The van der Waals surface area contributed by atoms with Gasteiger partial charge in [0.1, 0.15) is 0 Å². The van der Waals surface area contributed by atoms with Crippen molar-refractivity contribution in [3.05, 3.63) is 54.2 Å². The number of nitrogens with one attached hydrogen (secondary N) is 1. The first-order valence-electron chi connectivity index (χ1n) is 6.72. The summed E-state index contributed by atoms with van der Waals surface area (Å²) in [7, 11) is 0. The van der Waals surface area contributed by atoms with E-state index in [9.17, 15) is 10.1 Å². The van der Waals surface area contributed by atoms with E-state index in [1.807, 2.05) is 0 Å². The van der Waals surface area contributed by atoms with Crippen molar-refractivity contribution < 1.29 is 4.92 Å². The van der Waals surface area contributed by atoms with Crippen LogP contribution in [-0.2, 0) is 6.42 Å². The van der Waals surface area contributed by atoms with Crippen LogP contribution in [0.2, 0.25) is 0 Å². The van der Waals surface area contributed by atoms with Crippen LogP contribution in [0.4, 0.5) is 11.4 Å². The number of thiophene rings is 1. The van der Waals surface area contributed by atoms with Crippen molar-refractivity contribution in [3.8, 4) is 0 Å². The van der Waals surface area contributed by atoms with Crippen LogP contribution in [-0.4, -0.2) is 4.92 Å². The van der Waals surface area contributed by atoms with Gasteiger partial charge in [0.2, 0.25) is 0 Å². The molecule has 112 valence electrons. The zero-order valence-electron chi connectivity index (χ0n) is 12.1. The lowest BCUT2D eigenvalue weighted by atomic mass is 10.1. The number of rotatable bonds is 5. The predicted molar refractivity (Wildman–Crippen MR) is 91.3 cm³/mol. The minimum atomic E-state index is -0.349. The molecule has 4 nitrogen and oxygen atoms in total. The first-order valence-corrected chi connectivity index (χ1v) is 8.33. The lowest BCUT2D eigenvalue weighted by molar-refractivity contribution is -0.385. The smallest absolute Gasteiger partial charge is 0.274 e. The number of nitrogens with zero attached hydrogens (tertiary/aromatic N) is 1. The highest BCUT2D eigenvalue weighted by molar-refractivity contribution is 9.10. The highest BCUT2D eigenvalue weighted by Crippen LogP contribution is 2.34. The van der Waals surface area contributed by atoms with E-state index in [1.54, 1.807) is 30.4 Å². The van der Waals surface area contributed by atoms with Crippen LogP contribution in [0.25, 0.3) is 0 Å². The van der Waals surface area contributed by atoms with Crippen molar-refractivity contribution in [1.29, 1.82) is 0 Å². The van der Waals surface area contributed by atoms with Crippen LogP contribution in [0.15, 0.2) is 28.7 Å². The third kappa shape index (κ3) is 3.63. The second kappa shape index (κ2) is 6.58. The first kappa shape index (κ1) is 16.0. The zero-order chi connectivity index (χ0) is 15.6. The van der Waals surface area contributed by atoms with Crippen LogP contribution >= 0.6 is 27.3 Å². The van der Waals surface area contributed by atoms with Crippen molar-refractivity contribution in [2.24, 2.45) is 0 Å². The van der Waals surface area contributed by atoms with E-state index in [0.29, 0.717) is 5.56 Å². The summed E-state index contributed by atoms with van der Waals surface area (Å²) >= 11 is 5.24. The largest absolute Gasteiger partial charge is 0.377 e. The summed E-state index contributed by atoms with van der Waals surface area (Å²) in [6.45, 7) is 5.93. The molecule has 0 aliphatic heterocycles. The molecule has 0 saturated carbocycles. The van der Waals surface area contributed by atoms with E-state index in [1.165, 1.54) is 9.75 Å². The van der Waals surface area contributed by atoms with Crippen LogP contribution in [0.1, 0.15) is 35.2 Å². The summed E-state index contributed by atoms with van der Waals surface area (Å²) in [6, 6.07) is 7.71. The molecule has 0 amide bonds. The van der Waals surface area contributed by atoms with Crippen molar-refractivity contribution in [1.82, 2.24) is 0 Å². The lowest BCUT2D eigenvalue weighted by Crippen LogP contribution is -2.06. The first-order chi connectivity index (χ1) is 9.92. The Morgan fingerprint density at radius 1 is 1.43 bits per heavy atom. The van der Waals surface area contributed by atoms with Crippen LogP contribution in [0.3, 0.4) is 0 Å². The fourth-order valence-corrected chi connectivity index (χ4v) is 3.62. The van der Waals surface area contributed by atoms with Crippen molar-refractivity contribution >= 4 is 38.6 Å². The molecule has 1 heterocycles. The predicted octanol–water partition coefficient (Wildman–Crippen LogP) is 5.46. The second-order valence-corrected chi connectivity index (χ2v) is 6.95. The number of aryl methyl sites for hydroxylation is 2. The van der Waals surface area contributed by atoms with Crippen LogP contribution < -0.4 is 5.32 Å². The van der Waals surface area contributed by atoms with Gasteiger partial charge < -0.3 is 5.32 Å². The van der Waals surface area contributed by atoms with Crippen LogP contribution in [0.5, 0.6) is 0 Å². The topological polar surface area (TPSA) is 55.2 Å². The second-order valence-electron chi connectivity index (χ2n) is 4.90. The van der Waals surface area contributed by atoms with E-state index < -0.39 is 0 Å². The van der Waals surface area contributed by atoms with Gasteiger partial charge in [-0.15, -0.1) is 11.3 Å². The van der Waals surface area contributed by atoms with Gasteiger partial charge in [-0.1, -0.05) is 6.92 Å². The van der Waals surface area contributed by atoms with E-state index in [0.717, 1.165) is 16.6 Å². The number of halogens is 1. The quantitative estimate of drug-likeness (QED) is 0.562. The Balaban J connectivity index is 2.26. The maximum Gasteiger partial charge on any atom is 0.274 e. The van der Waals surface area contributed by atoms with Gasteiger partial charge in [-0.2, -0.15) is 0 Å². The molecule has 0 aliphatic carbocycles. The number of nitro benzene ring substituents is 1. The monoisotopic (exact) mass is 368 g/mol.